The first kappa shape index (κ1) is 8.68. The zero-order chi connectivity index (χ0) is 8.10. The molecule has 3 heteroatoms. The number of hydrogen-bond donors (Lipinski definition) is 2. The second-order valence-corrected chi connectivity index (χ2v) is 3.09. The van der Waals surface area contributed by atoms with Crippen LogP contribution in [0.15, 0.2) is 0 Å². The second kappa shape index (κ2) is 4.46. The van der Waals surface area contributed by atoms with Crippen molar-refractivity contribution < 1.29 is 9.90 Å². The Morgan fingerprint density at radius 1 is 1.45 bits per heavy atom. The average Bonchev–Trinajstić information content (AvgIpc) is 2.39. The third-order valence-electron chi connectivity index (χ3n) is 2.38. The predicted molar refractivity (Wildman–Crippen MR) is 42.2 cm³/mol. The first-order chi connectivity index (χ1) is 5.38. The lowest BCUT2D eigenvalue weighted by atomic mass is 9.91. The molecule has 2 N–H and O–H groups in total. The molecular weight excluding hydrogens is 142 g/mol. The van der Waals surface area contributed by atoms with Crippen molar-refractivity contribution in [2.45, 2.75) is 12.8 Å². The molecule has 0 unspecified atom stereocenters. The number of nitrogens with one attached hydrogen (secondary N) is 1. The van der Waals surface area contributed by atoms with Crippen molar-refractivity contribution in [1.29, 1.82) is 0 Å². The fourth-order valence-electron chi connectivity index (χ4n) is 1.69. The Morgan fingerprint density at radius 2 is 2.18 bits per heavy atom. The highest BCUT2D eigenvalue weighted by molar-refractivity contribution is 5.50. The summed E-state index contributed by atoms with van der Waals surface area (Å²) < 4.78 is 0. The van der Waals surface area contributed by atoms with Crippen LogP contribution in [0.1, 0.15) is 12.8 Å². The maximum atomic E-state index is 10.2. The van der Waals surface area contributed by atoms with Gasteiger partial charge in [0.15, 0.2) is 0 Å². The van der Waals surface area contributed by atoms with E-state index in [1.54, 1.807) is 0 Å². The summed E-state index contributed by atoms with van der Waals surface area (Å²) in [7, 11) is 0. The molecule has 0 aromatic rings. The van der Waals surface area contributed by atoms with Crippen molar-refractivity contribution >= 4 is 6.29 Å². The molecule has 1 heterocycles. The van der Waals surface area contributed by atoms with Gasteiger partial charge in [-0.15, -0.1) is 0 Å². The topological polar surface area (TPSA) is 49.3 Å². The van der Waals surface area contributed by atoms with Crippen LogP contribution in [0, 0.1) is 11.8 Å². The van der Waals surface area contributed by atoms with Crippen molar-refractivity contribution in [2.24, 2.45) is 11.8 Å². The minimum Gasteiger partial charge on any atom is -0.396 e. The summed E-state index contributed by atoms with van der Waals surface area (Å²) in [6.45, 7) is 2.13. The lowest BCUT2D eigenvalue weighted by Gasteiger charge is -2.13. The zero-order valence-electron chi connectivity index (χ0n) is 6.62. The van der Waals surface area contributed by atoms with E-state index in [0.29, 0.717) is 18.3 Å². The molecule has 0 aromatic carbocycles. The highest BCUT2D eigenvalue weighted by atomic mass is 16.3. The molecule has 3 nitrogen and oxygen atoms in total. The van der Waals surface area contributed by atoms with Crippen molar-refractivity contribution in [3.05, 3.63) is 0 Å². The molecule has 11 heavy (non-hydrogen) atoms. The number of aliphatic hydroxyl groups excluding tert-OH is 1. The first-order valence-electron chi connectivity index (χ1n) is 4.13. The average molecular weight is 157 g/mol. The van der Waals surface area contributed by atoms with Gasteiger partial charge < -0.3 is 15.2 Å². The van der Waals surface area contributed by atoms with Crippen LogP contribution >= 0.6 is 0 Å². The maximum Gasteiger partial charge on any atom is 0.120 e. The zero-order valence-corrected chi connectivity index (χ0v) is 6.62. The summed E-state index contributed by atoms with van der Waals surface area (Å²) >= 11 is 0. The van der Waals surface area contributed by atoms with E-state index < -0.39 is 0 Å². The largest absolute Gasteiger partial charge is 0.396 e. The van der Waals surface area contributed by atoms with E-state index in [9.17, 15) is 4.79 Å². The summed E-state index contributed by atoms with van der Waals surface area (Å²) in [4.78, 5) is 10.2. The quantitative estimate of drug-likeness (QED) is 0.555. The maximum absolute atomic E-state index is 10.2. The van der Waals surface area contributed by atoms with Crippen LogP contribution in [0.3, 0.4) is 0 Å². The lowest BCUT2D eigenvalue weighted by molar-refractivity contribution is -0.108. The van der Waals surface area contributed by atoms with Crippen LogP contribution in [0.4, 0.5) is 0 Å². The van der Waals surface area contributed by atoms with E-state index >= 15 is 0 Å². The highest BCUT2D eigenvalue weighted by Crippen LogP contribution is 2.21. The van der Waals surface area contributed by atoms with Gasteiger partial charge in [0.2, 0.25) is 0 Å². The lowest BCUT2D eigenvalue weighted by Crippen LogP contribution is -2.14. The molecule has 2 atom stereocenters. The summed E-state index contributed by atoms with van der Waals surface area (Å²) in [5.74, 6) is 0.963. The van der Waals surface area contributed by atoms with Crippen molar-refractivity contribution in [1.82, 2.24) is 5.32 Å². The van der Waals surface area contributed by atoms with Gasteiger partial charge in [0.1, 0.15) is 6.29 Å². The number of rotatable bonds is 4. The monoisotopic (exact) mass is 157 g/mol. The number of aldehydes is 1. The molecule has 1 rings (SSSR count). The molecule has 0 radical (unpaired) electrons. The van der Waals surface area contributed by atoms with Gasteiger partial charge >= 0.3 is 0 Å². The van der Waals surface area contributed by atoms with E-state index in [-0.39, 0.29) is 6.61 Å². The molecule has 64 valence electrons. The van der Waals surface area contributed by atoms with Gasteiger partial charge in [0.05, 0.1) is 0 Å². The fraction of sp³-hybridized carbons (Fsp3) is 0.875. The summed E-state index contributed by atoms with van der Waals surface area (Å²) in [5.41, 5.74) is 0. The Balaban J connectivity index is 2.31. The first-order valence-corrected chi connectivity index (χ1v) is 4.13. The Hall–Kier alpha value is -0.410. The Kier molecular flexibility index (Phi) is 3.52. The molecular formula is C8H15NO2. The minimum absolute atomic E-state index is 0.238. The van der Waals surface area contributed by atoms with E-state index in [0.717, 1.165) is 25.8 Å². The van der Waals surface area contributed by atoms with Crippen molar-refractivity contribution in [3.8, 4) is 0 Å². The van der Waals surface area contributed by atoms with E-state index in [2.05, 4.69) is 5.32 Å². The molecule has 0 amide bonds. The molecule has 1 aliphatic rings. The van der Waals surface area contributed by atoms with Crippen LogP contribution in [0.5, 0.6) is 0 Å². The van der Waals surface area contributed by atoms with Gasteiger partial charge in [-0.25, -0.2) is 0 Å². The minimum atomic E-state index is 0.238. The summed E-state index contributed by atoms with van der Waals surface area (Å²) in [5, 5.41) is 11.9. The van der Waals surface area contributed by atoms with E-state index in [4.69, 9.17) is 5.11 Å². The number of carbonyl (C=O) groups excluding carboxylic acids is 1. The summed E-state index contributed by atoms with van der Waals surface area (Å²) in [6, 6.07) is 0. The molecule has 1 saturated heterocycles. The smallest absolute Gasteiger partial charge is 0.120 e. The van der Waals surface area contributed by atoms with E-state index in [1.165, 1.54) is 0 Å². The van der Waals surface area contributed by atoms with Crippen LogP contribution < -0.4 is 5.32 Å². The predicted octanol–water partition coefficient (Wildman–Crippen LogP) is -0.207. The molecule has 0 aliphatic carbocycles. The van der Waals surface area contributed by atoms with Crippen LogP contribution in [-0.4, -0.2) is 31.1 Å². The highest BCUT2D eigenvalue weighted by Gasteiger charge is 2.25. The van der Waals surface area contributed by atoms with Crippen molar-refractivity contribution in [3.63, 3.8) is 0 Å². The third kappa shape index (κ3) is 2.27. The Labute approximate surface area is 66.8 Å². The van der Waals surface area contributed by atoms with Crippen LogP contribution in [-0.2, 0) is 4.79 Å². The molecule has 0 aromatic heterocycles. The van der Waals surface area contributed by atoms with Gasteiger partial charge in [-0.05, 0) is 31.3 Å². The molecule has 0 bridgehead atoms. The van der Waals surface area contributed by atoms with Crippen LogP contribution in [0.25, 0.3) is 0 Å². The van der Waals surface area contributed by atoms with E-state index in [1.807, 2.05) is 0 Å². The number of aliphatic hydroxyl groups is 1. The molecule has 0 saturated carbocycles. The Morgan fingerprint density at radius 3 is 2.82 bits per heavy atom. The number of carbonyl (C=O) groups is 1. The van der Waals surface area contributed by atoms with Gasteiger partial charge in [-0.1, -0.05) is 0 Å². The molecule has 1 aliphatic heterocycles. The van der Waals surface area contributed by atoms with Gasteiger partial charge in [-0.2, -0.15) is 0 Å². The van der Waals surface area contributed by atoms with Gasteiger partial charge in [0.25, 0.3) is 0 Å². The number of hydrogen-bond acceptors (Lipinski definition) is 3. The standard InChI is InChI=1S/C8H15NO2/c10-3-1-7-5-9-6-8(7)2-4-11/h3,7-9,11H,1-2,4-6H2/t7-,8-/m0/s1. The normalized spacial score (nSPS) is 30.6. The second-order valence-electron chi connectivity index (χ2n) is 3.09. The summed E-state index contributed by atoms with van der Waals surface area (Å²) in [6.07, 6.45) is 2.44. The SMILES string of the molecule is O=CC[C@H]1CNC[C@@H]1CCO. The van der Waals surface area contributed by atoms with Crippen molar-refractivity contribution in [2.75, 3.05) is 19.7 Å². The molecule has 1 fully saturated rings. The van der Waals surface area contributed by atoms with Gasteiger partial charge in [-0.3, -0.25) is 0 Å². The Bertz CT molecular complexity index is 127. The third-order valence-corrected chi connectivity index (χ3v) is 2.38. The van der Waals surface area contributed by atoms with Gasteiger partial charge in [0, 0.05) is 13.0 Å². The molecule has 0 spiro atoms. The fourth-order valence-corrected chi connectivity index (χ4v) is 1.69. The van der Waals surface area contributed by atoms with Crippen LogP contribution in [0.2, 0.25) is 0 Å².